The van der Waals surface area contributed by atoms with Gasteiger partial charge in [-0.3, -0.25) is 0 Å². The van der Waals surface area contributed by atoms with Crippen molar-refractivity contribution in [1.29, 1.82) is 0 Å². The molecule has 2 unspecified atom stereocenters. The molecule has 0 radical (unpaired) electrons. The van der Waals surface area contributed by atoms with Gasteiger partial charge in [0.15, 0.2) is 0 Å². The summed E-state index contributed by atoms with van der Waals surface area (Å²) in [5.41, 5.74) is 0. The molecular weight excluding hydrogens is 172 g/mol. The second-order valence-electron chi connectivity index (χ2n) is 5.05. The molecule has 2 heteroatoms. The highest BCUT2D eigenvalue weighted by Gasteiger charge is 2.32. The minimum absolute atomic E-state index is 0.767. The van der Waals surface area contributed by atoms with Gasteiger partial charge in [0.2, 0.25) is 0 Å². The van der Waals surface area contributed by atoms with Gasteiger partial charge in [-0.1, -0.05) is 13.3 Å². The second kappa shape index (κ2) is 4.63. The Bertz CT molecular complexity index is 177. The Morgan fingerprint density at radius 2 is 2.00 bits per heavy atom. The fourth-order valence-corrected chi connectivity index (χ4v) is 2.81. The first-order chi connectivity index (χ1) is 6.81. The first-order valence-electron chi connectivity index (χ1n) is 6.25. The maximum absolute atomic E-state index is 3.63. The van der Waals surface area contributed by atoms with Gasteiger partial charge in [-0.2, -0.15) is 0 Å². The lowest BCUT2D eigenvalue weighted by molar-refractivity contribution is 0.205. The van der Waals surface area contributed by atoms with E-state index < -0.39 is 0 Å². The van der Waals surface area contributed by atoms with Crippen molar-refractivity contribution in [2.75, 3.05) is 20.1 Å². The molecular formula is C12H24N2. The number of nitrogens with zero attached hydrogens (tertiary/aromatic N) is 1. The average Bonchev–Trinajstić information content (AvgIpc) is 2.83. The molecule has 0 aromatic heterocycles. The lowest BCUT2D eigenvalue weighted by Crippen LogP contribution is -2.45. The van der Waals surface area contributed by atoms with Gasteiger partial charge < -0.3 is 10.2 Å². The summed E-state index contributed by atoms with van der Waals surface area (Å²) < 4.78 is 0. The van der Waals surface area contributed by atoms with Crippen LogP contribution in [-0.2, 0) is 0 Å². The van der Waals surface area contributed by atoms with E-state index in [0.717, 1.165) is 24.5 Å². The zero-order valence-corrected chi connectivity index (χ0v) is 9.63. The summed E-state index contributed by atoms with van der Waals surface area (Å²) in [6, 6.07) is 1.58. The molecule has 0 bridgehead atoms. The molecule has 0 aliphatic heterocycles. The van der Waals surface area contributed by atoms with Gasteiger partial charge in [0.05, 0.1) is 0 Å². The third-order valence-electron chi connectivity index (χ3n) is 3.76. The molecule has 2 atom stereocenters. The van der Waals surface area contributed by atoms with Crippen LogP contribution in [0.2, 0.25) is 0 Å². The van der Waals surface area contributed by atoms with E-state index in [1.165, 1.54) is 38.6 Å². The summed E-state index contributed by atoms with van der Waals surface area (Å²) in [4.78, 5) is 2.61. The van der Waals surface area contributed by atoms with E-state index in [1.807, 2.05) is 0 Å². The van der Waals surface area contributed by atoms with Crippen molar-refractivity contribution in [2.45, 2.75) is 51.1 Å². The fourth-order valence-electron chi connectivity index (χ4n) is 2.81. The lowest BCUT2D eigenvalue weighted by Gasteiger charge is -2.30. The summed E-state index contributed by atoms with van der Waals surface area (Å²) in [6.07, 6.45) is 7.15. The Labute approximate surface area is 88.1 Å². The Kier molecular flexibility index (Phi) is 3.45. The van der Waals surface area contributed by atoms with Crippen LogP contribution in [0.15, 0.2) is 0 Å². The number of nitrogens with one attached hydrogen (secondary N) is 1. The minimum atomic E-state index is 0.767. The normalized spacial score (nSPS) is 32.8. The molecule has 14 heavy (non-hydrogen) atoms. The third-order valence-corrected chi connectivity index (χ3v) is 3.76. The van der Waals surface area contributed by atoms with Crippen LogP contribution in [-0.4, -0.2) is 37.1 Å². The second-order valence-corrected chi connectivity index (χ2v) is 5.05. The zero-order valence-electron chi connectivity index (χ0n) is 9.63. The summed E-state index contributed by atoms with van der Waals surface area (Å²) in [6.45, 7) is 4.68. The molecule has 82 valence electrons. The summed E-state index contributed by atoms with van der Waals surface area (Å²) in [5, 5.41) is 3.63. The summed E-state index contributed by atoms with van der Waals surface area (Å²) in [7, 11) is 2.32. The van der Waals surface area contributed by atoms with Crippen molar-refractivity contribution >= 4 is 0 Å². The number of hydrogen-bond donors (Lipinski definition) is 1. The largest absolute Gasteiger partial charge is 0.313 e. The highest BCUT2D eigenvalue weighted by Crippen LogP contribution is 2.32. The van der Waals surface area contributed by atoms with Crippen molar-refractivity contribution in [3.8, 4) is 0 Å². The van der Waals surface area contributed by atoms with Crippen molar-refractivity contribution in [3.05, 3.63) is 0 Å². The Morgan fingerprint density at radius 1 is 1.21 bits per heavy atom. The first-order valence-corrected chi connectivity index (χ1v) is 6.25. The molecule has 0 aromatic rings. The molecule has 0 saturated heterocycles. The van der Waals surface area contributed by atoms with Gasteiger partial charge in [0.1, 0.15) is 0 Å². The van der Waals surface area contributed by atoms with Crippen molar-refractivity contribution in [2.24, 2.45) is 5.92 Å². The van der Waals surface area contributed by atoms with Gasteiger partial charge in [-0.25, -0.2) is 0 Å². The Balaban J connectivity index is 1.80. The van der Waals surface area contributed by atoms with Crippen molar-refractivity contribution < 1.29 is 0 Å². The van der Waals surface area contributed by atoms with Gasteiger partial charge in [-0.05, 0) is 45.2 Å². The molecule has 2 rings (SSSR count). The predicted molar refractivity (Wildman–Crippen MR) is 60.5 cm³/mol. The van der Waals surface area contributed by atoms with E-state index in [-0.39, 0.29) is 0 Å². The highest BCUT2D eigenvalue weighted by atomic mass is 15.2. The van der Waals surface area contributed by atoms with Gasteiger partial charge in [0.25, 0.3) is 0 Å². The predicted octanol–water partition coefficient (Wildman–Crippen LogP) is 1.86. The van der Waals surface area contributed by atoms with E-state index in [4.69, 9.17) is 0 Å². The number of likely N-dealkylation sites (N-methyl/N-ethyl adjacent to an activating group) is 2. The quantitative estimate of drug-likeness (QED) is 0.722. The SMILES string of the molecule is CCNC1CCCC1N(C)CC1CC1. The summed E-state index contributed by atoms with van der Waals surface area (Å²) in [5.74, 6) is 1.03. The van der Waals surface area contributed by atoms with Crippen LogP contribution in [0, 0.1) is 5.92 Å². The fraction of sp³-hybridized carbons (Fsp3) is 1.00. The van der Waals surface area contributed by atoms with E-state index in [9.17, 15) is 0 Å². The third kappa shape index (κ3) is 2.48. The Hall–Kier alpha value is -0.0800. The van der Waals surface area contributed by atoms with Crippen LogP contribution in [0.4, 0.5) is 0 Å². The van der Waals surface area contributed by atoms with E-state index in [2.05, 4.69) is 24.2 Å². The molecule has 2 saturated carbocycles. The molecule has 0 aromatic carbocycles. The molecule has 0 heterocycles. The number of rotatable bonds is 5. The molecule has 2 aliphatic carbocycles. The van der Waals surface area contributed by atoms with Crippen LogP contribution in [0.3, 0.4) is 0 Å². The molecule has 2 aliphatic rings. The topological polar surface area (TPSA) is 15.3 Å². The molecule has 0 spiro atoms. The molecule has 2 nitrogen and oxygen atoms in total. The zero-order chi connectivity index (χ0) is 9.97. The van der Waals surface area contributed by atoms with Crippen LogP contribution < -0.4 is 5.32 Å². The van der Waals surface area contributed by atoms with Gasteiger partial charge >= 0.3 is 0 Å². The van der Waals surface area contributed by atoms with Crippen molar-refractivity contribution in [1.82, 2.24) is 10.2 Å². The smallest absolute Gasteiger partial charge is 0.0246 e. The maximum atomic E-state index is 3.63. The van der Waals surface area contributed by atoms with Crippen LogP contribution in [0.5, 0.6) is 0 Å². The number of hydrogen-bond acceptors (Lipinski definition) is 2. The van der Waals surface area contributed by atoms with Crippen molar-refractivity contribution in [3.63, 3.8) is 0 Å². The molecule has 1 N–H and O–H groups in total. The highest BCUT2D eigenvalue weighted by molar-refractivity contribution is 4.90. The standard InChI is InChI=1S/C12H24N2/c1-3-13-11-5-4-6-12(11)14(2)9-10-7-8-10/h10-13H,3-9H2,1-2H3. The van der Waals surface area contributed by atoms with Gasteiger partial charge in [-0.15, -0.1) is 0 Å². The maximum Gasteiger partial charge on any atom is 0.0246 e. The van der Waals surface area contributed by atoms with Crippen LogP contribution >= 0.6 is 0 Å². The van der Waals surface area contributed by atoms with E-state index >= 15 is 0 Å². The van der Waals surface area contributed by atoms with Crippen LogP contribution in [0.25, 0.3) is 0 Å². The minimum Gasteiger partial charge on any atom is -0.313 e. The Morgan fingerprint density at radius 3 is 2.64 bits per heavy atom. The van der Waals surface area contributed by atoms with E-state index in [0.29, 0.717) is 0 Å². The van der Waals surface area contributed by atoms with Gasteiger partial charge in [0, 0.05) is 18.6 Å². The first kappa shape index (κ1) is 10.4. The molecule has 2 fully saturated rings. The average molecular weight is 196 g/mol. The van der Waals surface area contributed by atoms with E-state index in [1.54, 1.807) is 0 Å². The monoisotopic (exact) mass is 196 g/mol. The molecule has 0 amide bonds. The summed E-state index contributed by atoms with van der Waals surface area (Å²) >= 11 is 0. The lowest BCUT2D eigenvalue weighted by atomic mass is 10.1. The van der Waals surface area contributed by atoms with Crippen LogP contribution in [0.1, 0.15) is 39.0 Å².